The van der Waals surface area contributed by atoms with Gasteiger partial charge in [0, 0.05) is 45.7 Å². The summed E-state index contributed by atoms with van der Waals surface area (Å²) in [5.74, 6) is 0.711. The number of carbonyl (C=O) groups is 1. The van der Waals surface area contributed by atoms with Gasteiger partial charge in [-0.1, -0.05) is 0 Å². The van der Waals surface area contributed by atoms with Crippen LogP contribution in [0.1, 0.15) is 25.7 Å². The van der Waals surface area contributed by atoms with E-state index in [0.29, 0.717) is 19.0 Å². The van der Waals surface area contributed by atoms with Gasteiger partial charge in [0.25, 0.3) is 0 Å². The van der Waals surface area contributed by atoms with Gasteiger partial charge in [0.15, 0.2) is 0 Å². The van der Waals surface area contributed by atoms with E-state index >= 15 is 0 Å². The van der Waals surface area contributed by atoms with E-state index in [1.807, 2.05) is 17.2 Å². The van der Waals surface area contributed by atoms with Gasteiger partial charge in [0.2, 0.25) is 5.91 Å². The zero-order valence-electron chi connectivity index (χ0n) is 15.9. The summed E-state index contributed by atoms with van der Waals surface area (Å²) in [6.45, 7) is 6.65. The second-order valence-corrected chi connectivity index (χ2v) is 7.42. The molecule has 0 N–H and O–H groups in total. The van der Waals surface area contributed by atoms with Crippen LogP contribution < -0.4 is 0 Å². The molecule has 0 saturated carbocycles. The topological polar surface area (TPSA) is 59.8 Å². The fourth-order valence-corrected chi connectivity index (χ4v) is 3.87. The first-order valence-corrected chi connectivity index (χ1v) is 9.82. The number of methoxy groups -OCH3 is 1. The molecule has 2 aliphatic rings. The highest BCUT2D eigenvalue weighted by Crippen LogP contribution is 2.20. The molecule has 2 fully saturated rings. The molecule has 3 heterocycles. The standard InChI is InChI=1S/C19H32N4O3/c1-25-13-11-21-9-5-17(6-10-21)14-22(15-18-4-2-12-26-18)19(24)16-23-8-3-7-20-23/h3,7-8,17-18H,2,4-6,9-16H2,1H3/t18-/m1/s1. The summed E-state index contributed by atoms with van der Waals surface area (Å²) in [7, 11) is 1.75. The molecule has 2 saturated heterocycles. The predicted octanol–water partition coefficient (Wildman–Crippen LogP) is 1.25. The third-order valence-corrected chi connectivity index (χ3v) is 5.45. The molecule has 0 unspecified atom stereocenters. The van der Waals surface area contributed by atoms with Crippen molar-refractivity contribution in [1.29, 1.82) is 0 Å². The van der Waals surface area contributed by atoms with Crippen molar-refractivity contribution in [2.24, 2.45) is 5.92 Å². The van der Waals surface area contributed by atoms with E-state index < -0.39 is 0 Å². The first-order chi connectivity index (χ1) is 12.7. The van der Waals surface area contributed by atoms with Crippen LogP contribution in [-0.2, 0) is 20.8 Å². The molecular formula is C19H32N4O3. The van der Waals surface area contributed by atoms with Gasteiger partial charge in [-0.25, -0.2) is 0 Å². The van der Waals surface area contributed by atoms with Crippen LogP contribution in [0.4, 0.5) is 0 Å². The minimum atomic E-state index is 0.144. The molecule has 0 radical (unpaired) electrons. The fourth-order valence-electron chi connectivity index (χ4n) is 3.87. The van der Waals surface area contributed by atoms with E-state index in [9.17, 15) is 4.79 Å². The Kier molecular flexibility index (Phi) is 7.46. The lowest BCUT2D eigenvalue weighted by atomic mass is 9.96. The van der Waals surface area contributed by atoms with Gasteiger partial charge in [0.05, 0.1) is 12.7 Å². The summed E-state index contributed by atoms with van der Waals surface area (Å²) >= 11 is 0. The Morgan fingerprint density at radius 2 is 2.15 bits per heavy atom. The number of likely N-dealkylation sites (tertiary alicyclic amines) is 1. The first-order valence-electron chi connectivity index (χ1n) is 9.82. The quantitative estimate of drug-likeness (QED) is 0.660. The summed E-state index contributed by atoms with van der Waals surface area (Å²) in [4.78, 5) is 17.3. The van der Waals surface area contributed by atoms with Crippen molar-refractivity contribution in [2.45, 2.75) is 38.3 Å². The Labute approximate surface area is 156 Å². The first kappa shape index (κ1) is 19.3. The van der Waals surface area contributed by atoms with E-state index in [1.54, 1.807) is 18.0 Å². The molecule has 26 heavy (non-hydrogen) atoms. The molecule has 1 amide bonds. The number of nitrogens with zero attached hydrogens (tertiary/aromatic N) is 4. The van der Waals surface area contributed by atoms with Crippen LogP contribution in [-0.4, -0.2) is 84.6 Å². The lowest BCUT2D eigenvalue weighted by Gasteiger charge is -2.35. The highest BCUT2D eigenvalue weighted by Gasteiger charge is 2.27. The Bertz CT molecular complexity index is 523. The molecule has 1 aromatic rings. The average Bonchev–Trinajstić information content (AvgIpc) is 3.34. The molecule has 0 bridgehead atoms. The van der Waals surface area contributed by atoms with Gasteiger partial charge in [0.1, 0.15) is 6.54 Å². The smallest absolute Gasteiger partial charge is 0.244 e. The number of amides is 1. The summed E-state index contributed by atoms with van der Waals surface area (Å²) in [5, 5.41) is 4.18. The van der Waals surface area contributed by atoms with Crippen molar-refractivity contribution in [2.75, 3.05) is 53.0 Å². The molecule has 146 valence electrons. The van der Waals surface area contributed by atoms with Crippen LogP contribution >= 0.6 is 0 Å². The van der Waals surface area contributed by atoms with Crippen LogP contribution in [0.2, 0.25) is 0 Å². The number of aromatic nitrogens is 2. The van der Waals surface area contributed by atoms with Crippen LogP contribution in [0.5, 0.6) is 0 Å². The van der Waals surface area contributed by atoms with Crippen molar-refractivity contribution in [3.8, 4) is 0 Å². The van der Waals surface area contributed by atoms with Crippen LogP contribution in [0, 0.1) is 5.92 Å². The second kappa shape index (κ2) is 10.0. The van der Waals surface area contributed by atoms with Crippen molar-refractivity contribution in [1.82, 2.24) is 19.6 Å². The van der Waals surface area contributed by atoms with Gasteiger partial charge in [-0.2, -0.15) is 5.10 Å². The SMILES string of the molecule is COCCN1CCC(CN(C[C@H]2CCCO2)C(=O)Cn2cccn2)CC1. The van der Waals surface area contributed by atoms with Crippen molar-refractivity contribution in [3.05, 3.63) is 18.5 Å². The Balaban J connectivity index is 1.52. The van der Waals surface area contributed by atoms with E-state index in [-0.39, 0.29) is 12.0 Å². The maximum absolute atomic E-state index is 12.9. The molecule has 0 spiro atoms. The summed E-state index contributed by atoms with van der Waals surface area (Å²) in [5.41, 5.74) is 0. The van der Waals surface area contributed by atoms with Gasteiger partial charge in [-0.05, 0) is 50.8 Å². The predicted molar refractivity (Wildman–Crippen MR) is 98.8 cm³/mol. The number of ether oxygens (including phenoxy) is 2. The van der Waals surface area contributed by atoms with Gasteiger partial charge in [-0.3, -0.25) is 9.48 Å². The third kappa shape index (κ3) is 5.79. The van der Waals surface area contributed by atoms with Gasteiger partial charge < -0.3 is 19.3 Å². The monoisotopic (exact) mass is 364 g/mol. The zero-order valence-corrected chi connectivity index (χ0v) is 15.9. The van der Waals surface area contributed by atoms with E-state index in [4.69, 9.17) is 9.47 Å². The van der Waals surface area contributed by atoms with Gasteiger partial charge >= 0.3 is 0 Å². The number of rotatable bonds is 9. The minimum absolute atomic E-state index is 0.144. The normalized spacial score (nSPS) is 22.0. The Morgan fingerprint density at radius 1 is 1.31 bits per heavy atom. The summed E-state index contributed by atoms with van der Waals surface area (Å²) in [6.07, 6.45) is 8.19. The molecule has 2 aliphatic heterocycles. The highest BCUT2D eigenvalue weighted by molar-refractivity contribution is 5.76. The summed E-state index contributed by atoms with van der Waals surface area (Å²) < 4.78 is 12.7. The van der Waals surface area contributed by atoms with Crippen LogP contribution in [0.3, 0.4) is 0 Å². The number of carbonyl (C=O) groups excluding carboxylic acids is 1. The minimum Gasteiger partial charge on any atom is -0.383 e. The van der Waals surface area contributed by atoms with E-state index in [0.717, 1.165) is 65.1 Å². The van der Waals surface area contributed by atoms with Crippen molar-refractivity contribution < 1.29 is 14.3 Å². The molecular weight excluding hydrogens is 332 g/mol. The molecule has 0 aliphatic carbocycles. The van der Waals surface area contributed by atoms with Gasteiger partial charge in [-0.15, -0.1) is 0 Å². The summed E-state index contributed by atoms with van der Waals surface area (Å²) in [6, 6.07) is 1.85. The molecule has 1 atom stereocenters. The maximum Gasteiger partial charge on any atom is 0.244 e. The van der Waals surface area contributed by atoms with Crippen LogP contribution in [0.25, 0.3) is 0 Å². The lowest BCUT2D eigenvalue weighted by Crippen LogP contribution is -2.45. The lowest BCUT2D eigenvalue weighted by molar-refractivity contribution is -0.134. The molecule has 7 heteroatoms. The molecule has 0 aromatic carbocycles. The van der Waals surface area contributed by atoms with E-state index in [1.165, 1.54) is 0 Å². The molecule has 1 aromatic heterocycles. The van der Waals surface area contributed by atoms with Crippen LogP contribution in [0.15, 0.2) is 18.5 Å². The molecule has 7 nitrogen and oxygen atoms in total. The second-order valence-electron chi connectivity index (χ2n) is 7.42. The zero-order chi connectivity index (χ0) is 18.2. The maximum atomic E-state index is 12.9. The Hall–Kier alpha value is -1.44. The number of hydrogen-bond donors (Lipinski definition) is 0. The Morgan fingerprint density at radius 3 is 2.81 bits per heavy atom. The third-order valence-electron chi connectivity index (χ3n) is 5.45. The van der Waals surface area contributed by atoms with Crippen molar-refractivity contribution >= 4 is 5.91 Å². The number of piperidine rings is 1. The van der Waals surface area contributed by atoms with Crippen molar-refractivity contribution in [3.63, 3.8) is 0 Å². The highest BCUT2D eigenvalue weighted by atomic mass is 16.5. The molecule has 3 rings (SSSR count). The fraction of sp³-hybridized carbons (Fsp3) is 0.789. The number of hydrogen-bond acceptors (Lipinski definition) is 5. The average molecular weight is 364 g/mol. The largest absolute Gasteiger partial charge is 0.383 e. The van der Waals surface area contributed by atoms with E-state index in [2.05, 4.69) is 10.00 Å².